The molecule has 3 N–H and O–H groups in total. The summed E-state index contributed by atoms with van der Waals surface area (Å²) in [6.45, 7) is 0.374. The molecular formula is C14H22N4O2. The van der Waals surface area contributed by atoms with Crippen LogP contribution in [0.3, 0.4) is 0 Å². The van der Waals surface area contributed by atoms with E-state index in [1.807, 2.05) is 25.1 Å². The maximum absolute atomic E-state index is 12.5. The van der Waals surface area contributed by atoms with Gasteiger partial charge in [-0.25, -0.2) is 4.98 Å². The molecule has 110 valence electrons. The summed E-state index contributed by atoms with van der Waals surface area (Å²) in [5.41, 5.74) is 6.81. The molecule has 1 aromatic rings. The van der Waals surface area contributed by atoms with Gasteiger partial charge >= 0.3 is 0 Å². The Labute approximate surface area is 119 Å². The number of methoxy groups -OCH3 is 1. The summed E-state index contributed by atoms with van der Waals surface area (Å²) in [7, 11) is 5.36. The van der Waals surface area contributed by atoms with Gasteiger partial charge in [-0.3, -0.25) is 4.79 Å². The molecule has 0 bridgehead atoms. The molecule has 0 unspecified atom stereocenters. The van der Waals surface area contributed by atoms with Crippen molar-refractivity contribution in [2.45, 2.75) is 19.3 Å². The van der Waals surface area contributed by atoms with Crippen LogP contribution in [0.25, 0.3) is 0 Å². The van der Waals surface area contributed by atoms with Crippen LogP contribution in [0.4, 0.5) is 11.4 Å². The van der Waals surface area contributed by atoms with Gasteiger partial charge < -0.3 is 20.7 Å². The first-order chi connectivity index (χ1) is 9.54. The first-order valence-corrected chi connectivity index (χ1v) is 6.76. The largest absolute Gasteiger partial charge is 0.479 e. The Hall–Kier alpha value is -1.82. The maximum Gasteiger partial charge on any atom is 0.239 e. The van der Waals surface area contributed by atoms with Gasteiger partial charge in [0, 0.05) is 26.8 Å². The van der Waals surface area contributed by atoms with E-state index in [-0.39, 0.29) is 5.91 Å². The Balaban J connectivity index is 2.30. The van der Waals surface area contributed by atoms with Crippen molar-refractivity contribution in [1.29, 1.82) is 0 Å². The van der Waals surface area contributed by atoms with Crippen LogP contribution in [0.15, 0.2) is 12.3 Å². The van der Waals surface area contributed by atoms with E-state index < -0.39 is 5.41 Å². The summed E-state index contributed by atoms with van der Waals surface area (Å²) in [5.74, 6) is 0.372. The normalized spacial score (nSPS) is 16.2. The van der Waals surface area contributed by atoms with Crippen LogP contribution in [0.5, 0.6) is 5.88 Å². The van der Waals surface area contributed by atoms with Crippen molar-refractivity contribution in [3.8, 4) is 5.88 Å². The highest BCUT2D eigenvalue weighted by atomic mass is 16.5. The highest BCUT2D eigenvalue weighted by molar-refractivity contribution is 6.00. The fourth-order valence-electron chi connectivity index (χ4n) is 2.45. The predicted octanol–water partition coefficient (Wildman–Crippen LogP) is 1.22. The molecule has 1 saturated carbocycles. The summed E-state index contributed by atoms with van der Waals surface area (Å²) < 4.78 is 5.25. The molecule has 0 saturated heterocycles. The molecule has 1 aromatic heterocycles. The number of pyridine rings is 1. The van der Waals surface area contributed by atoms with Gasteiger partial charge in [0.15, 0.2) is 0 Å². The number of aromatic nitrogens is 1. The number of carbonyl (C=O) groups excluding carboxylic acids is 1. The monoisotopic (exact) mass is 278 g/mol. The van der Waals surface area contributed by atoms with Crippen LogP contribution in [-0.2, 0) is 4.79 Å². The minimum Gasteiger partial charge on any atom is -0.479 e. The van der Waals surface area contributed by atoms with Crippen LogP contribution < -0.4 is 20.7 Å². The first kappa shape index (κ1) is 14.6. The van der Waals surface area contributed by atoms with E-state index in [0.29, 0.717) is 18.1 Å². The van der Waals surface area contributed by atoms with Crippen molar-refractivity contribution in [3.63, 3.8) is 0 Å². The maximum atomic E-state index is 12.5. The molecule has 0 aliphatic heterocycles. The Morgan fingerprint density at radius 2 is 2.25 bits per heavy atom. The average Bonchev–Trinajstić information content (AvgIpc) is 2.38. The van der Waals surface area contributed by atoms with Gasteiger partial charge in [-0.2, -0.15) is 0 Å². The number of rotatable bonds is 5. The third-order valence-corrected chi connectivity index (χ3v) is 3.99. The molecule has 6 nitrogen and oxygen atoms in total. The molecule has 0 radical (unpaired) electrons. The molecule has 20 heavy (non-hydrogen) atoms. The molecule has 0 atom stereocenters. The predicted molar refractivity (Wildman–Crippen MR) is 79.1 cm³/mol. The Bertz CT molecular complexity index is 492. The molecule has 0 spiro atoms. The van der Waals surface area contributed by atoms with Crippen molar-refractivity contribution in [2.24, 2.45) is 11.1 Å². The van der Waals surface area contributed by atoms with Gasteiger partial charge in [0.1, 0.15) is 5.69 Å². The summed E-state index contributed by atoms with van der Waals surface area (Å²) >= 11 is 0. The minimum absolute atomic E-state index is 0.0411. The highest BCUT2D eigenvalue weighted by Crippen LogP contribution is 2.42. The smallest absolute Gasteiger partial charge is 0.239 e. The van der Waals surface area contributed by atoms with Gasteiger partial charge in [-0.1, -0.05) is 6.42 Å². The fourth-order valence-corrected chi connectivity index (χ4v) is 2.45. The Kier molecular flexibility index (Phi) is 4.13. The summed E-state index contributed by atoms with van der Waals surface area (Å²) in [6, 6.07) is 1.84. The second kappa shape index (κ2) is 5.66. The molecule has 6 heteroatoms. The lowest BCUT2D eigenvalue weighted by Crippen LogP contribution is -2.47. The number of carbonyl (C=O) groups is 1. The average molecular weight is 278 g/mol. The summed E-state index contributed by atoms with van der Waals surface area (Å²) in [6.07, 6.45) is 4.39. The lowest BCUT2D eigenvalue weighted by molar-refractivity contribution is -0.129. The van der Waals surface area contributed by atoms with Crippen molar-refractivity contribution in [2.75, 3.05) is 38.0 Å². The fraction of sp³-hybridized carbons (Fsp3) is 0.571. The van der Waals surface area contributed by atoms with E-state index in [9.17, 15) is 4.79 Å². The second-order valence-electron chi connectivity index (χ2n) is 5.40. The van der Waals surface area contributed by atoms with Crippen LogP contribution in [0.2, 0.25) is 0 Å². The topological polar surface area (TPSA) is 80.5 Å². The van der Waals surface area contributed by atoms with E-state index in [1.54, 1.807) is 13.3 Å². The lowest BCUT2D eigenvalue weighted by Gasteiger charge is -2.39. The highest BCUT2D eigenvalue weighted by Gasteiger charge is 2.43. The molecule has 0 aromatic carbocycles. The molecule has 1 amide bonds. The number of amides is 1. The number of nitrogens with zero attached hydrogens (tertiary/aromatic N) is 2. The van der Waals surface area contributed by atoms with Crippen molar-refractivity contribution < 1.29 is 9.53 Å². The number of nitrogens with two attached hydrogens (primary N) is 1. The van der Waals surface area contributed by atoms with Crippen LogP contribution in [0, 0.1) is 5.41 Å². The van der Waals surface area contributed by atoms with Gasteiger partial charge in [-0.15, -0.1) is 0 Å². The van der Waals surface area contributed by atoms with Crippen molar-refractivity contribution >= 4 is 17.3 Å². The second-order valence-corrected chi connectivity index (χ2v) is 5.40. The van der Waals surface area contributed by atoms with Gasteiger partial charge in [0.05, 0.1) is 18.2 Å². The molecule has 1 aliphatic carbocycles. The van der Waals surface area contributed by atoms with Crippen molar-refractivity contribution in [3.05, 3.63) is 12.3 Å². The van der Waals surface area contributed by atoms with E-state index in [2.05, 4.69) is 10.3 Å². The SMILES string of the molecule is COc1nccc(N(C)C)c1NC(=O)C1(CN)CCC1. The van der Waals surface area contributed by atoms with Crippen molar-refractivity contribution in [1.82, 2.24) is 4.98 Å². The molecule has 1 fully saturated rings. The van der Waals surface area contributed by atoms with Gasteiger partial charge in [-0.05, 0) is 18.9 Å². The van der Waals surface area contributed by atoms with E-state index >= 15 is 0 Å². The third-order valence-electron chi connectivity index (χ3n) is 3.99. The minimum atomic E-state index is -0.426. The van der Waals surface area contributed by atoms with Crippen LogP contribution in [0.1, 0.15) is 19.3 Å². The summed E-state index contributed by atoms with van der Waals surface area (Å²) in [5, 5.41) is 2.96. The third kappa shape index (κ3) is 2.43. The number of hydrogen-bond acceptors (Lipinski definition) is 5. The number of ether oxygens (including phenoxy) is 1. The molecule has 2 rings (SSSR count). The Morgan fingerprint density at radius 1 is 1.55 bits per heavy atom. The van der Waals surface area contributed by atoms with E-state index in [1.165, 1.54) is 0 Å². The molecule has 1 aliphatic rings. The number of nitrogens with one attached hydrogen (secondary N) is 1. The standard InChI is InChI=1S/C14H22N4O2/c1-18(2)10-5-8-16-12(20-3)11(10)17-13(19)14(9-15)6-4-7-14/h5,8H,4,6-7,9,15H2,1-3H3,(H,17,19). The summed E-state index contributed by atoms with van der Waals surface area (Å²) in [4.78, 5) is 18.6. The molecular weight excluding hydrogens is 256 g/mol. The zero-order valence-corrected chi connectivity index (χ0v) is 12.3. The van der Waals surface area contributed by atoms with Crippen LogP contribution in [-0.4, -0.2) is 38.6 Å². The zero-order valence-electron chi connectivity index (χ0n) is 12.3. The van der Waals surface area contributed by atoms with Gasteiger partial charge in [0.25, 0.3) is 0 Å². The Morgan fingerprint density at radius 3 is 2.70 bits per heavy atom. The quantitative estimate of drug-likeness (QED) is 0.846. The first-order valence-electron chi connectivity index (χ1n) is 6.76. The lowest BCUT2D eigenvalue weighted by atomic mass is 9.68. The van der Waals surface area contributed by atoms with Crippen LogP contribution >= 0.6 is 0 Å². The zero-order chi connectivity index (χ0) is 14.8. The van der Waals surface area contributed by atoms with E-state index in [0.717, 1.165) is 24.9 Å². The molecule has 1 heterocycles. The van der Waals surface area contributed by atoms with E-state index in [4.69, 9.17) is 10.5 Å². The number of anilines is 2. The number of hydrogen-bond donors (Lipinski definition) is 2. The van der Waals surface area contributed by atoms with Gasteiger partial charge in [0.2, 0.25) is 11.8 Å².